The van der Waals surface area contributed by atoms with Crippen LogP contribution in [0.15, 0.2) is 29.3 Å². The van der Waals surface area contributed by atoms with Crippen molar-refractivity contribution in [3.8, 4) is 11.4 Å². The van der Waals surface area contributed by atoms with Gasteiger partial charge in [0, 0.05) is 23.2 Å². The van der Waals surface area contributed by atoms with Crippen molar-refractivity contribution in [2.75, 3.05) is 0 Å². The van der Waals surface area contributed by atoms with E-state index in [1.807, 2.05) is 45.2 Å². The van der Waals surface area contributed by atoms with E-state index in [1.54, 1.807) is 4.68 Å². The van der Waals surface area contributed by atoms with Gasteiger partial charge in [0.05, 0.1) is 5.02 Å². The van der Waals surface area contributed by atoms with E-state index in [-0.39, 0.29) is 0 Å². The van der Waals surface area contributed by atoms with Crippen molar-refractivity contribution in [2.24, 2.45) is 7.05 Å². The van der Waals surface area contributed by atoms with E-state index >= 15 is 0 Å². The minimum atomic E-state index is 0.607. The number of allylic oxidation sites excluding steroid dienone is 2. The van der Waals surface area contributed by atoms with Crippen LogP contribution in [0.5, 0.6) is 0 Å². The lowest BCUT2D eigenvalue weighted by Gasteiger charge is -1.99. The third-order valence-corrected chi connectivity index (χ3v) is 3.34. The van der Waals surface area contributed by atoms with Crippen LogP contribution >= 0.6 is 23.2 Å². The van der Waals surface area contributed by atoms with Crippen LogP contribution in [0.4, 0.5) is 0 Å². The second-order valence-corrected chi connectivity index (χ2v) is 5.00. The standard InChI is InChI=1S/C13H13Cl2N3/c1-8(9(2)14)13-16-12(17-18(13)3)10-6-4-5-7-11(10)15/h4-7H,1-3H3. The molecule has 94 valence electrons. The first kappa shape index (κ1) is 13.1. The maximum atomic E-state index is 6.14. The average Bonchev–Trinajstić information content (AvgIpc) is 2.70. The molecule has 18 heavy (non-hydrogen) atoms. The molecule has 0 aliphatic carbocycles. The van der Waals surface area contributed by atoms with Gasteiger partial charge in [-0.25, -0.2) is 9.67 Å². The van der Waals surface area contributed by atoms with Crippen molar-refractivity contribution < 1.29 is 0 Å². The second kappa shape index (κ2) is 5.12. The van der Waals surface area contributed by atoms with Crippen LogP contribution in [0, 0.1) is 0 Å². The minimum absolute atomic E-state index is 0.607. The summed E-state index contributed by atoms with van der Waals surface area (Å²) in [6.45, 7) is 3.75. The number of aryl methyl sites for hydroxylation is 1. The van der Waals surface area contributed by atoms with Crippen LogP contribution in [-0.2, 0) is 7.05 Å². The fraction of sp³-hybridized carbons (Fsp3) is 0.231. The summed E-state index contributed by atoms with van der Waals surface area (Å²) >= 11 is 12.1. The molecule has 1 aromatic heterocycles. The van der Waals surface area contributed by atoms with Gasteiger partial charge in [-0.2, -0.15) is 5.10 Å². The highest BCUT2D eigenvalue weighted by Crippen LogP contribution is 2.27. The number of hydrogen-bond donors (Lipinski definition) is 0. The van der Waals surface area contributed by atoms with E-state index in [0.717, 1.165) is 17.0 Å². The Morgan fingerprint density at radius 2 is 1.89 bits per heavy atom. The van der Waals surface area contributed by atoms with Crippen molar-refractivity contribution in [3.63, 3.8) is 0 Å². The fourth-order valence-electron chi connectivity index (χ4n) is 1.62. The Morgan fingerprint density at radius 3 is 2.50 bits per heavy atom. The second-order valence-electron chi connectivity index (χ2n) is 4.02. The molecule has 0 bridgehead atoms. The Labute approximate surface area is 116 Å². The van der Waals surface area contributed by atoms with Gasteiger partial charge in [-0.3, -0.25) is 0 Å². The van der Waals surface area contributed by atoms with Crippen LogP contribution in [0.2, 0.25) is 5.02 Å². The van der Waals surface area contributed by atoms with Crippen molar-refractivity contribution in [1.82, 2.24) is 14.8 Å². The molecule has 0 unspecified atom stereocenters. The summed E-state index contributed by atoms with van der Waals surface area (Å²) in [6, 6.07) is 7.51. The Morgan fingerprint density at radius 1 is 1.22 bits per heavy atom. The van der Waals surface area contributed by atoms with Gasteiger partial charge in [0.25, 0.3) is 0 Å². The Hall–Kier alpha value is -1.32. The predicted molar refractivity (Wildman–Crippen MR) is 75.6 cm³/mol. The molecule has 0 saturated heterocycles. The zero-order chi connectivity index (χ0) is 13.3. The molecule has 3 nitrogen and oxygen atoms in total. The highest BCUT2D eigenvalue weighted by molar-refractivity contribution is 6.33. The van der Waals surface area contributed by atoms with E-state index in [0.29, 0.717) is 15.9 Å². The monoisotopic (exact) mass is 281 g/mol. The van der Waals surface area contributed by atoms with E-state index in [4.69, 9.17) is 23.2 Å². The first-order valence-corrected chi connectivity index (χ1v) is 6.25. The summed E-state index contributed by atoms with van der Waals surface area (Å²) in [5, 5.41) is 5.72. The summed E-state index contributed by atoms with van der Waals surface area (Å²) in [5.74, 6) is 1.35. The molecule has 0 aliphatic rings. The molecule has 0 N–H and O–H groups in total. The van der Waals surface area contributed by atoms with Gasteiger partial charge in [-0.1, -0.05) is 35.3 Å². The number of nitrogens with zero attached hydrogens (tertiary/aromatic N) is 3. The Bertz CT molecular complexity index is 610. The van der Waals surface area contributed by atoms with Crippen molar-refractivity contribution in [3.05, 3.63) is 40.1 Å². The molecule has 2 rings (SSSR count). The van der Waals surface area contributed by atoms with Crippen LogP contribution in [0.3, 0.4) is 0 Å². The number of aromatic nitrogens is 3. The molecule has 1 heterocycles. The van der Waals surface area contributed by atoms with Crippen LogP contribution in [0.25, 0.3) is 17.0 Å². The molecule has 0 amide bonds. The fourth-order valence-corrected chi connectivity index (χ4v) is 1.93. The third-order valence-electron chi connectivity index (χ3n) is 2.73. The number of halogens is 2. The van der Waals surface area contributed by atoms with Gasteiger partial charge in [-0.05, 0) is 26.0 Å². The summed E-state index contributed by atoms with van der Waals surface area (Å²) in [4.78, 5) is 4.49. The zero-order valence-electron chi connectivity index (χ0n) is 10.4. The highest BCUT2D eigenvalue weighted by atomic mass is 35.5. The van der Waals surface area contributed by atoms with Gasteiger partial charge in [0.2, 0.25) is 0 Å². The van der Waals surface area contributed by atoms with E-state index in [9.17, 15) is 0 Å². The molecular formula is C13H13Cl2N3. The smallest absolute Gasteiger partial charge is 0.183 e. The molecular weight excluding hydrogens is 269 g/mol. The maximum Gasteiger partial charge on any atom is 0.183 e. The maximum absolute atomic E-state index is 6.14. The van der Waals surface area contributed by atoms with Crippen LogP contribution < -0.4 is 0 Å². The largest absolute Gasteiger partial charge is 0.249 e. The van der Waals surface area contributed by atoms with Gasteiger partial charge in [-0.15, -0.1) is 0 Å². The summed E-state index contributed by atoms with van der Waals surface area (Å²) in [7, 11) is 1.84. The van der Waals surface area contributed by atoms with E-state index in [1.165, 1.54) is 0 Å². The van der Waals surface area contributed by atoms with E-state index < -0.39 is 0 Å². The van der Waals surface area contributed by atoms with Gasteiger partial charge < -0.3 is 0 Å². The van der Waals surface area contributed by atoms with Crippen LogP contribution in [0.1, 0.15) is 19.7 Å². The van der Waals surface area contributed by atoms with Crippen molar-refractivity contribution >= 4 is 28.8 Å². The quantitative estimate of drug-likeness (QED) is 0.829. The number of rotatable bonds is 2. The molecule has 0 radical (unpaired) electrons. The number of benzene rings is 1. The first-order chi connectivity index (χ1) is 8.50. The lowest BCUT2D eigenvalue weighted by Crippen LogP contribution is -1.97. The highest BCUT2D eigenvalue weighted by Gasteiger charge is 2.13. The SMILES string of the molecule is CC(Cl)=C(C)c1nc(-c2ccccc2Cl)nn1C. The lowest BCUT2D eigenvalue weighted by molar-refractivity contribution is 0.754. The molecule has 1 aromatic carbocycles. The predicted octanol–water partition coefficient (Wildman–Crippen LogP) is 4.13. The van der Waals surface area contributed by atoms with Crippen LogP contribution in [-0.4, -0.2) is 14.8 Å². The molecule has 0 spiro atoms. The third kappa shape index (κ3) is 2.42. The summed E-state index contributed by atoms with van der Waals surface area (Å²) < 4.78 is 1.71. The van der Waals surface area contributed by atoms with Gasteiger partial charge >= 0.3 is 0 Å². The summed E-state index contributed by atoms with van der Waals surface area (Å²) in [5.41, 5.74) is 1.73. The Kier molecular flexibility index (Phi) is 3.73. The average molecular weight is 282 g/mol. The normalized spacial score (nSPS) is 12.5. The minimum Gasteiger partial charge on any atom is -0.249 e. The molecule has 0 fully saturated rings. The molecule has 2 aromatic rings. The lowest BCUT2D eigenvalue weighted by atomic mass is 10.2. The van der Waals surface area contributed by atoms with Crippen molar-refractivity contribution in [2.45, 2.75) is 13.8 Å². The molecule has 5 heteroatoms. The van der Waals surface area contributed by atoms with Gasteiger partial charge in [0.15, 0.2) is 11.6 Å². The zero-order valence-corrected chi connectivity index (χ0v) is 11.9. The first-order valence-electron chi connectivity index (χ1n) is 5.50. The number of hydrogen-bond acceptors (Lipinski definition) is 2. The topological polar surface area (TPSA) is 30.7 Å². The Balaban J connectivity index is 2.54. The molecule has 0 atom stereocenters. The molecule has 0 saturated carbocycles. The molecule has 0 aliphatic heterocycles. The summed E-state index contributed by atoms with van der Waals surface area (Å²) in [6.07, 6.45) is 0. The van der Waals surface area contributed by atoms with Gasteiger partial charge in [0.1, 0.15) is 0 Å². The van der Waals surface area contributed by atoms with Crippen molar-refractivity contribution in [1.29, 1.82) is 0 Å². The van der Waals surface area contributed by atoms with E-state index in [2.05, 4.69) is 10.1 Å².